The van der Waals surface area contributed by atoms with Gasteiger partial charge < -0.3 is 4.74 Å². The SMILES string of the molecule is C#CCNC(C(=O)OC)c1cccc(C(F)(F)F)c1. The third-order valence-electron chi connectivity index (χ3n) is 2.39. The van der Waals surface area contributed by atoms with Crippen molar-refractivity contribution in [3.63, 3.8) is 0 Å². The van der Waals surface area contributed by atoms with Gasteiger partial charge in [0.05, 0.1) is 19.2 Å². The molecule has 6 heteroatoms. The number of carbonyl (C=O) groups excluding carboxylic acids is 1. The Kier molecular flexibility index (Phi) is 4.95. The molecule has 1 rings (SSSR count). The molecule has 1 atom stereocenters. The van der Waals surface area contributed by atoms with E-state index in [-0.39, 0.29) is 12.1 Å². The zero-order valence-electron chi connectivity index (χ0n) is 10.1. The molecule has 0 fully saturated rings. The topological polar surface area (TPSA) is 38.3 Å². The van der Waals surface area contributed by atoms with Crippen molar-refractivity contribution >= 4 is 5.97 Å². The van der Waals surface area contributed by atoms with E-state index in [1.165, 1.54) is 12.1 Å². The molecule has 3 nitrogen and oxygen atoms in total. The number of terminal acetylenes is 1. The zero-order valence-corrected chi connectivity index (χ0v) is 10.1. The minimum absolute atomic E-state index is 0.0377. The van der Waals surface area contributed by atoms with Crippen molar-refractivity contribution in [1.82, 2.24) is 5.32 Å². The second kappa shape index (κ2) is 6.25. The van der Waals surface area contributed by atoms with Crippen LogP contribution in [-0.4, -0.2) is 19.6 Å². The molecule has 1 aromatic rings. The Labute approximate surface area is 108 Å². The van der Waals surface area contributed by atoms with Crippen molar-refractivity contribution in [3.8, 4) is 12.3 Å². The predicted octanol–water partition coefficient (Wildman–Crippen LogP) is 2.14. The number of alkyl halides is 3. The first kappa shape index (κ1) is 15.1. The molecule has 0 aliphatic rings. The van der Waals surface area contributed by atoms with Crippen molar-refractivity contribution in [2.24, 2.45) is 0 Å². The minimum atomic E-state index is -4.47. The number of halogens is 3. The number of ether oxygens (including phenoxy) is 1. The van der Waals surface area contributed by atoms with Crippen LogP contribution in [0.3, 0.4) is 0 Å². The first-order chi connectivity index (χ1) is 8.90. The Hall–Kier alpha value is -2.00. The maximum atomic E-state index is 12.6. The number of methoxy groups -OCH3 is 1. The molecule has 0 bridgehead atoms. The van der Waals surface area contributed by atoms with E-state index in [9.17, 15) is 18.0 Å². The molecular formula is C13H12F3NO2. The fourth-order valence-corrected chi connectivity index (χ4v) is 1.51. The standard InChI is InChI=1S/C13H12F3NO2/c1-3-7-17-11(12(18)19-2)9-5-4-6-10(8-9)13(14,15)16/h1,4-6,8,11,17H,7H2,2H3. The molecule has 0 aromatic heterocycles. The number of carbonyl (C=O) groups is 1. The van der Waals surface area contributed by atoms with Gasteiger partial charge in [-0.3, -0.25) is 5.32 Å². The summed E-state index contributed by atoms with van der Waals surface area (Å²) in [5.41, 5.74) is -0.682. The van der Waals surface area contributed by atoms with Crippen molar-refractivity contribution in [1.29, 1.82) is 0 Å². The van der Waals surface area contributed by atoms with Gasteiger partial charge in [0.2, 0.25) is 0 Å². The molecule has 0 radical (unpaired) electrons. The van der Waals surface area contributed by atoms with E-state index in [0.717, 1.165) is 19.2 Å². The van der Waals surface area contributed by atoms with Crippen LogP contribution < -0.4 is 5.32 Å². The van der Waals surface area contributed by atoms with E-state index in [1.807, 2.05) is 0 Å². The highest BCUT2D eigenvalue weighted by atomic mass is 19.4. The van der Waals surface area contributed by atoms with Gasteiger partial charge in [-0.25, -0.2) is 4.79 Å². The van der Waals surface area contributed by atoms with E-state index in [0.29, 0.717) is 0 Å². The van der Waals surface area contributed by atoms with E-state index in [4.69, 9.17) is 6.42 Å². The Morgan fingerprint density at radius 2 is 2.21 bits per heavy atom. The third-order valence-corrected chi connectivity index (χ3v) is 2.39. The smallest absolute Gasteiger partial charge is 0.416 e. The van der Waals surface area contributed by atoms with Gasteiger partial charge in [-0.2, -0.15) is 13.2 Å². The van der Waals surface area contributed by atoms with Gasteiger partial charge in [0.15, 0.2) is 0 Å². The summed E-state index contributed by atoms with van der Waals surface area (Å²) in [6.45, 7) is 0.0377. The molecule has 1 aromatic carbocycles. The number of rotatable bonds is 4. The van der Waals surface area contributed by atoms with E-state index < -0.39 is 23.8 Å². The quantitative estimate of drug-likeness (QED) is 0.673. The van der Waals surface area contributed by atoms with Gasteiger partial charge >= 0.3 is 12.1 Å². The summed E-state index contributed by atoms with van der Waals surface area (Å²) in [7, 11) is 1.15. The highest BCUT2D eigenvalue weighted by Crippen LogP contribution is 2.30. The lowest BCUT2D eigenvalue weighted by Crippen LogP contribution is -2.30. The maximum Gasteiger partial charge on any atom is 0.416 e. The van der Waals surface area contributed by atoms with Gasteiger partial charge in [0.25, 0.3) is 0 Å². The number of benzene rings is 1. The summed E-state index contributed by atoms with van der Waals surface area (Å²) >= 11 is 0. The third kappa shape index (κ3) is 4.00. The largest absolute Gasteiger partial charge is 0.468 e. The van der Waals surface area contributed by atoms with Crippen LogP contribution in [0.25, 0.3) is 0 Å². The van der Waals surface area contributed by atoms with Crippen molar-refractivity contribution in [2.75, 3.05) is 13.7 Å². The summed E-state index contributed by atoms with van der Waals surface area (Å²) in [5, 5.41) is 2.64. The highest BCUT2D eigenvalue weighted by molar-refractivity contribution is 5.77. The first-order valence-electron chi connectivity index (χ1n) is 5.32. The average molecular weight is 271 g/mol. The molecule has 0 spiro atoms. The number of hydrogen-bond acceptors (Lipinski definition) is 3. The lowest BCUT2D eigenvalue weighted by atomic mass is 10.0. The minimum Gasteiger partial charge on any atom is -0.468 e. The van der Waals surface area contributed by atoms with Crippen molar-refractivity contribution < 1.29 is 22.7 Å². The Morgan fingerprint density at radius 1 is 1.53 bits per heavy atom. The fraction of sp³-hybridized carbons (Fsp3) is 0.308. The first-order valence-corrected chi connectivity index (χ1v) is 5.32. The summed E-state index contributed by atoms with van der Waals surface area (Å²) < 4.78 is 42.3. The lowest BCUT2D eigenvalue weighted by Gasteiger charge is -2.17. The molecule has 0 saturated heterocycles. The second-order valence-corrected chi connectivity index (χ2v) is 3.66. The van der Waals surface area contributed by atoms with Crippen LogP contribution in [0.2, 0.25) is 0 Å². The number of hydrogen-bond donors (Lipinski definition) is 1. The molecule has 0 saturated carbocycles. The normalized spacial score (nSPS) is 12.6. The maximum absolute atomic E-state index is 12.6. The monoisotopic (exact) mass is 271 g/mol. The fourth-order valence-electron chi connectivity index (χ4n) is 1.51. The van der Waals surface area contributed by atoms with Crippen LogP contribution in [-0.2, 0) is 15.7 Å². The van der Waals surface area contributed by atoms with Crippen molar-refractivity contribution in [2.45, 2.75) is 12.2 Å². The number of nitrogens with one attached hydrogen (secondary N) is 1. The Morgan fingerprint density at radius 3 is 2.74 bits per heavy atom. The molecule has 19 heavy (non-hydrogen) atoms. The molecule has 102 valence electrons. The van der Waals surface area contributed by atoms with Gasteiger partial charge in [-0.15, -0.1) is 6.42 Å². The average Bonchev–Trinajstić information content (AvgIpc) is 2.38. The molecule has 0 aliphatic carbocycles. The predicted molar refractivity (Wildman–Crippen MR) is 63.0 cm³/mol. The van der Waals surface area contributed by atoms with Gasteiger partial charge in [0, 0.05) is 0 Å². The van der Waals surface area contributed by atoms with Crippen LogP contribution in [0.1, 0.15) is 17.2 Å². The number of esters is 1. The Bertz CT molecular complexity index is 491. The molecule has 1 unspecified atom stereocenters. The van der Waals surface area contributed by atoms with Gasteiger partial charge in [-0.05, 0) is 17.7 Å². The molecule has 0 aliphatic heterocycles. The van der Waals surface area contributed by atoms with Gasteiger partial charge in [0.1, 0.15) is 6.04 Å². The summed E-state index contributed by atoms with van der Waals surface area (Å²) in [6, 6.07) is 3.43. The molecule has 0 heterocycles. The molecule has 0 amide bonds. The van der Waals surface area contributed by atoms with Crippen LogP contribution >= 0.6 is 0 Å². The summed E-state index contributed by atoms with van der Waals surface area (Å²) in [4.78, 5) is 11.5. The highest BCUT2D eigenvalue weighted by Gasteiger charge is 2.31. The van der Waals surface area contributed by atoms with Gasteiger partial charge in [-0.1, -0.05) is 18.1 Å². The lowest BCUT2D eigenvalue weighted by molar-refractivity contribution is -0.143. The Balaban J connectivity index is 3.09. The van der Waals surface area contributed by atoms with Crippen LogP contribution in [0.4, 0.5) is 13.2 Å². The van der Waals surface area contributed by atoms with Crippen LogP contribution in [0, 0.1) is 12.3 Å². The summed E-state index contributed by atoms with van der Waals surface area (Å²) in [5.74, 6) is 1.55. The molecule has 1 N–H and O–H groups in total. The second-order valence-electron chi connectivity index (χ2n) is 3.66. The van der Waals surface area contributed by atoms with E-state index in [1.54, 1.807) is 0 Å². The summed E-state index contributed by atoms with van der Waals surface area (Å²) in [6.07, 6.45) is 0.582. The van der Waals surface area contributed by atoms with Crippen molar-refractivity contribution in [3.05, 3.63) is 35.4 Å². The zero-order chi connectivity index (χ0) is 14.5. The van der Waals surface area contributed by atoms with Crippen LogP contribution in [0.5, 0.6) is 0 Å². The van der Waals surface area contributed by atoms with E-state index in [2.05, 4.69) is 16.0 Å². The molecular weight excluding hydrogens is 259 g/mol. The van der Waals surface area contributed by atoms with E-state index >= 15 is 0 Å². The van der Waals surface area contributed by atoms with Crippen LogP contribution in [0.15, 0.2) is 24.3 Å².